The molecule has 0 saturated carbocycles. The van der Waals surface area contributed by atoms with E-state index < -0.39 is 9.84 Å². The van der Waals surface area contributed by atoms with Crippen molar-refractivity contribution in [1.82, 2.24) is 4.98 Å². The average Bonchev–Trinajstić information content (AvgIpc) is 3.05. The molecule has 0 bridgehead atoms. The third-order valence-corrected chi connectivity index (χ3v) is 6.90. The number of benzene rings is 1. The largest absolute Gasteiger partial charge is 0.302 e. The minimum absolute atomic E-state index is 0.0872. The van der Waals surface area contributed by atoms with Crippen LogP contribution in [0.15, 0.2) is 23.6 Å². The lowest BCUT2D eigenvalue weighted by Gasteiger charge is -2.06. The van der Waals surface area contributed by atoms with Gasteiger partial charge in [-0.2, -0.15) is 0 Å². The van der Waals surface area contributed by atoms with Gasteiger partial charge in [0.25, 0.3) is 0 Å². The third-order valence-electron chi connectivity index (χ3n) is 3.76. The van der Waals surface area contributed by atoms with Crippen LogP contribution in [0.4, 0.5) is 5.13 Å². The summed E-state index contributed by atoms with van der Waals surface area (Å²) in [7, 11) is -2.97. The number of carbonyl (C=O) groups excluding carboxylic acids is 1. The first-order valence-corrected chi connectivity index (χ1v) is 10.7. The Morgan fingerprint density at radius 3 is 2.83 bits per heavy atom. The fraction of sp³-hybridized carbons (Fsp3) is 0.333. The lowest BCUT2D eigenvalue weighted by Crippen LogP contribution is -2.17. The molecule has 1 fully saturated rings. The molecule has 0 spiro atoms. The van der Waals surface area contributed by atoms with Crippen molar-refractivity contribution in [2.24, 2.45) is 5.92 Å². The Hall–Kier alpha value is -1.15. The van der Waals surface area contributed by atoms with Crippen LogP contribution in [-0.2, 0) is 14.6 Å². The Bertz CT molecular complexity index is 881. The zero-order valence-electron chi connectivity index (χ0n) is 12.5. The van der Waals surface area contributed by atoms with E-state index in [4.69, 9.17) is 23.2 Å². The Labute approximate surface area is 153 Å². The van der Waals surface area contributed by atoms with Crippen LogP contribution in [0.25, 0.3) is 11.3 Å². The molecule has 5 nitrogen and oxygen atoms in total. The van der Waals surface area contributed by atoms with E-state index in [1.165, 1.54) is 11.3 Å². The monoisotopic (exact) mass is 404 g/mol. The van der Waals surface area contributed by atoms with Crippen LogP contribution >= 0.6 is 34.5 Å². The molecule has 3 rings (SSSR count). The van der Waals surface area contributed by atoms with Crippen LogP contribution < -0.4 is 5.32 Å². The van der Waals surface area contributed by atoms with Gasteiger partial charge in [0.1, 0.15) is 0 Å². The number of hydrogen-bond acceptors (Lipinski definition) is 5. The zero-order valence-corrected chi connectivity index (χ0v) is 15.6. The summed E-state index contributed by atoms with van der Waals surface area (Å²) in [5.74, 6) is -0.0777. The van der Waals surface area contributed by atoms with E-state index in [2.05, 4.69) is 10.3 Å². The maximum absolute atomic E-state index is 12.1. The molecule has 24 heavy (non-hydrogen) atoms. The van der Waals surface area contributed by atoms with Gasteiger partial charge in [-0.3, -0.25) is 4.79 Å². The Balaban J connectivity index is 1.64. The van der Waals surface area contributed by atoms with Crippen LogP contribution in [0.2, 0.25) is 10.0 Å². The van der Waals surface area contributed by atoms with Crippen LogP contribution in [0, 0.1) is 5.92 Å². The topological polar surface area (TPSA) is 76.1 Å². The first-order chi connectivity index (χ1) is 11.3. The number of thiazole rings is 1. The van der Waals surface area contributed by atoms with E-state index in [9.17, 15) is 13.2 Å². The van der Waals surface area contributed by atoms with Crippen LogP contribution in [-0.4, -0.2) is 30.8 Å². The SMILES string of the molecule is O=C(CC1CCS(=O)(=O)C1)Nc1nc(-c2ccc(Cl)cc2Cl)cs1. The number of sulfone groups is 1. The molecule has 2 aromatic rings. The maximum atomic E-state index is 12.1. The van der Waals surface area contributed by atoms with Crippen molar-refractivity contribution in [2.45, 2.75) is 12.8 Å². The molecule has 9 heteroatoms. The standard InChI is InChI=1S/C15H14Cl2N2O3S2/c16-10-1-2-11(12(17)6-10)13-7-23-15(18-13)19-14(20)5-9-3-4-24(21,22)8-9/h1-2,6-7,9H,3-5,8H2,(H,18,19,20). The summed E-state index contributed by atoms with van der Waals surface area (Å²) in [5, 5.41) is 6.01. The highest BCUT2D eigenvalue weighted by molar-refractivity contribution is 7.91. The molecule has 1 unspecified atom stereocenters. The minimum Gasteiger partial charge on any atom is -0.302 e. The van der Waals surface area contributed by atoms with E-state index in [1.807, 2.05) is 0 Å². The van der Waals surface area contributed by atoms with Crippen LogP contribution in [0.1, 0.15) is 12.8 Å². The normalized spacial score (nSPS) is 19.3. The summed E-state index contributed by atoms with van der Waals surface area (Å²) in [6.45, 7) is 0. The summed E-state index contributed by atoms with van der Waals surface area (Å²) < 4.78 is 22.9. The number of aromatic nitrogens is 1. The molecule has 1 aliphatic rings. The van der Waals surface area contributed by atoms with E-state index in [0.29, 0.717) is 27.3 Å². The Kier molecular flexibility index (Phi) is 5.15. The van der Waals surface area contributed by atoms with Crippen molar-refractivity contribution in [3.05, 3.63) is 33.6 Å². The molecule has 1 amide bonds. The predicted octanol–water partition coefficient (Wildman–Crippen LogP) is 3.88. The van der Waals surface area contributed by atoms with Gasteiger partial charge in [0.05, 0.1) is 22.2 Å². The molecule has 2 heterocycles. The van der Waals surface area contributed by atoms with Crippen molar-refractivity contribution in [3.8, 4) is 11.3 Å². The molecule has 1 N–H and O–H groups in total. The first kappa shape index (κ1) is 17.7. The predicted molar refractivity (Wildman–Crippen MR) is 97.6 cm³/mol. The van der Waals surface area contributed by atoms with Gasteiger partial charge in [-0.15, -0.1) is 11.3 Å². The smallest absolute Gasteiger partial charge is 0.226 e. The lowest BCUT2D eigenvalue weighted by molar-refractivity contribution is -0.116. The van der Waals surface area contributed by atoms with Gasteiger partial charge < -0.3 is 5.32 Å². The number of amides is 1. The van der Waals surface area contributed by atoms with E-state index in [0.717, 1.165) is 5.56 Å². The molecule has 1 atom stereocenters. The van der Waals surface area contributed by atoms with Gasteiger partial charge >= 0.3 is 0 Å². The summed E-state index contributed by atoms with van der Waals surface area (Å²) in [6, 6.07) is 5.13. The number of nitrogens with zero attached hydrogens (tertiary/aromatic N) is 1. The van der Waals surface area contributed by atoms with Crippen molar-refractivity contribution in [2.75, 3.05) is 16.8 Å². The van der Waals surface area contributed by atoms with Crippen molar-refractivity contribution in [3.63, 3.8) is 0 Å². The minimum atomic E-state index is -2.97. The zero-order chi connectivity index (χ0) is 17.3. The van der Waals surface area contributed by atoms with Gasteiger partial charge in [0.15, 0.2) is 15.0 Å². The fourth-order valence-electron chi connectivity index (χ4n) is 2.62. The highest BCUT2D eigenvalue weighted by Crippen LogP contribution is 2.32. The number of carbonyl (C=O) groups is 1. The number of hydrogen-bond donors (Lipinski definition) is 1. The number of anilines is 1. The quantitative estimate of drug-likeness (QED) is 0.838. The van der Waals surface area contributed by atoms with E-state index in [-0.39, 0.29) is 29.8 Å². The molecule has 0 radical (unpaired) electrons. The van der Waals surface area contributed by atoms with Crippen molar-refractivity contribution >= 4 is 55.4 Å². The Morgan fingerprint density at radius 2 is 2.17 bits per heavy atom. The molecule has 1 aromatic heterocycles. The second-order valence-electron chi connectivity index (χ2n) is 5.68. The molecule has 128 valence electrons. The summed E-state index contributed by atoms with van der Waals surface area (Å²) in [6.07, 6.45) is 0.731. The van der Waals surface area contributed by atoms with E-state index >= 15 is 0 Å². The van der Waals surface area contributed by atoms with E-state index in [1.54, 1.807) is 23.6 Å². The Morgan fingerprint density at radius 1 is 1.38 bits per heavy atom. The van der Waals surface area contributed by atoms with Crippen molar-refractivity contribution in [1.29, 1.82) is 0 Å². The number of rotatable bonds is 4. The lowest BCUT2D eigenvalue weighted by atomic mass is 10.1. The molecular weight excluding hydrogens is 391 g/mol. The number of nitrogens with one attached hydrogen (secondary N) is 1. The van der Waals surface area contributed by atoms with Gasteiger partial charge in [-0.25, -0.2) is 13.4 Å². The highest BCUT2D eigenvalue weighted by atomic mass is 35.5. The van der Waals surface area contributed by atoms with Gasteiger partial charge in [0.2, 0.25) is 5.91 Å². The van der Waals surface area contributed by atoms with Gasteiger partial charge in [-0.1, -0.05) is 23.2 Å². The number of halogens is 2. The van der Waals surface area contributed by atoms with Crippen LogP contribution in [0.3, 0.4) is 0 Å². The summed E-state index contributed by atoms with van der Waals surface area (Å²) >= 11 is 13.3. The fourth-order valence-corrected chi connectivity index (χ4v) is 5.71. The van der Waals surface area contributed by atoms with Crippen molar-refractivity contribution < 1.29 is 13.2 Å². The second kappa shape index (κ2) is 7.00. The summed E-state index contributed by atoms with van der Waals surface area (Å²) in [4.78, 5) is 16.4. The highest BCUT2D eigenvalue weighted by Gasteiger charge is 2.29. The molecule has 0 aliphatic carbocycles. The molecular formula is C15H14Cl2N2O3S2. The summed E-state index contributed by atoms with van der Waals surface area (Å²) in [5.41, 5.74) is 1.39. The molecule has 1 aromatic carbocycles. The van der Waals surface area contributed by atoms with Gasteiger partial charge in [-0.05, 0) is 30.5 Å². The second-order valence-corrected chi connectivity index (χ2v) is 9.61. The third kappa shape index (κ3) is 4.27. The average molecular weight is 405 g/mol. The maximum Gasteiger partial charge on any atom is 0.226 e. The molecule has 1 saturated heterocycles. The first-order valence-electron chi connectivity index (χ1n) is 7.23. The molecule has 1 aliphatic heterocycles. The van der Waals surface area contributed by atoms with Gasteiger partial charge in [0, 0.05) is 22.4 Å². The van der Waals surface area contributed by atoms with Crippen LogP contribution in [0.5, 0.6) is 0 Å².